The van der Waals surface area contributed by atoms with Crippen LogP contribution in [0.15, 0.2) is 12.4 Å². The molecule has 0 saturated carbocycles. The van der Waals surface area contributed by atoms with E-state index in [1.54, 1.807) is 19.3 Å². The van der Waals surface area contributed by atoms with E-state index < -0.39 is 12.0 Å². The maximum absolute atomic E-state index is 10.4. The Morgan fingerprint density at radius 3 is 2.82 bits per heavy atom. The molecule has 1 aromatic heterocycles. The molecule has 1 aromatic rings. The van der Waals surface area contributed by atoms with Crippen molar-refractivity contribution in [2.45, 2.75) is 19.9 Å². The molecule has 4 nitrogen and oxygen atoms in total. The van der Waals surface area contributed by atoms with Gasteiger partial charge in [-0.25, -0.2) is 4.79 Å². The minimum atomic E-state index is -0.867. The molecule has 0 aliphatic rings. The van der Waals surface area contributed by atoms with Crippen molar-refractivity contribution in [3.8, 4) is 0 Å². The third-order valence-corrected chi connectivity index (χ3v) is 1.48. The molecule has 1 heterocycles. The Morgan fingerprint density at radius 1 is 1.82 bits per heavy atom. The highest BCUT2D eigenvalue weighted by molar-refractivity contribution is 5.71. The monoisotopic (exact) mass is 154 g/mol. The molecule has 0 unspecified atom stereocenters. The number of nitrogens with zero attached hydrogens (tertiary/aromatic N) is 2. The number of aryl methyl sites for hydroxylation is 1. The molecule has 0 aromatic carbocycles. The first-order chi connectivity index (χ1) is 5.11. The van der Waals surface area contributed by atoms with Crippen LogP contribution in [0.3, 0.4) is 0 Å². The smallest absolute Gasteiger partial charge is 0.328 e. The fourth-order valence-electron chi connectivity index (χ4n) is 0.758. The summed E-state index contributed by atoms with van der Waals surface area (Å²) in [6.07, 6.45) is 3.35. The number of hydrogen-bond acceptors (Lipinski definition) is 2. The summed E-state index contributed by atoms with van der Waals surface area (Å²) >= 11 is 0. The lowest BCUT2D eigenvalue weighted by Crippen LogP contribution is -2.15. The Bertz CT molecular complexity index is 267. The van der Waals surface area contributed by atoms with Gasteiger partial charge >= 0.3 is 5.97 Å². The summed E-state index contributed by atoms with van der Waals surface area (Å²) in [5, 5.41) is 12.5. The Labute approximate surface area is 64.5 Å². The highest BCUT2D eigenvalue weighted by Gasteiger charge is 2.12. The molecule has 60 valence electrons. The second-order valence-electron chi connectivity index (χ2n) is 2.51. The van der Waals surface area contributed by atoms with Crippen LogP contribution in [0.25, 0.3) is 0 Å². The zero-order chi connectivity index (χ0) is 8.43. The fourth-order valence-corrected chi connectivity index (χ4v) is 0.758. The third-order valence-electron chi connectivity index (χ3n) is 1.48. The lowest BCUT2D eigenvalue weighted by atomic mass is 10.3. The van der Waals surface area contributed by atoms with Gasteiger partial charge in [0, 0.05) is 6.20 Å². The van der Waals surface area contributed by atoms with Crippen molar-refractivity contribution >= 4 is 5.97 Å². The van der Waals surface area contributed by atoms with Gasteiger partial charge in [0.05, 0.1) is 6.20 Å². The van der Waals surface area contributed by atoms with Gasteiger partial charge in [0.15, 0.2) is 0 Å². The highest BCUT2D eigenvalue weighted by Crippen LogP contribution is 2.04. The SMILES string of the molecule is Cc1cnn([C@@H](C)C(=O)O)c1. The van der Waals surface area contributed by atoms with E-state index >= 15 is 0 Å². The molecule has 0 spiro atoms. The van der Waals surface area contributed by atoms with E-state index in [0.717, 1.165) is 5.56 Å². The molecule has 0 saturated heterocycles. The van der Waals surface area contributed by atoms with Gasteiger partial charge in [-0.1, -0.05) is 0 Å². The van der Waals surface area contributed by atoms with Gasteiger partial charge in [-0.15, -0.1) is 0 Å². The zero-order valence-corrected chi connectivity index (χ0v) is 6.48. The fraction of sp³-hybridized carbons (Fsp3) is 0.429. The molecule has 0 amide bonds. The van der Waals surface area contributed by atoms with Gasteiger partial charge in [-0.2, -0.15) is 5.10 Å². The predicted molar refractivity (Wildman–Crippen MR) is 39.3 cm³/mol. The summed E-state index contributed by atoms with van der Waals surface area (Å²) in [6, 6.07) is -0.580. The van der Waals surface area contributed by atoms with Crippen molar-refractivity contribution in [2.24, 2.45) is 0 Å². The van der Waals surface area contributed by atoms with Crippen molar-refractivity contribution in [3.05, 3.63) is 18.0 Å². The van der Waals surface area contributed by atoms with Crippen LogP contribution in [-0.4, -0.2) is 20.9 Å². The summed E-state index contributed by atoms with van der Waals surface area (Å²) < 4.78 is 1.43. The zero-order valence-electron chi connectivity index (χ0n) is 6.48. The van der Waals surface area contributed by atoms with Gasteiger partial charge in [0.1, 0.15) is 6.04 Å². The van der Waals surface area contributed by atoms with Crippen molar-refractivity contribution < 1.29 is 9.90 Å². The Kier molecular flexibility index (Phi) is 1.94. The van der Waals surface area contributed by atoms with Crippen molar-refractivity contribution in [1.29, 1.82) is 0 Å². The highest BCUT2D eigenvalue weighted by atomic mass is 16.4. The maximum Gasteiger partial charge on any atom is 0.328 e. The van der Waals surface area contributed by atoms with E-state index in [-0.39, 0.29) is 0 Å². The van der Waals surface area contributed by atoms with Crippen LogP contribution in [-0.2, 0) is 4.79 Å². The average Bonchev–Trinajstić information content (AvgIpc) is 2.34. The Balaban J connectivity index is 2.84. The minimum absolute atomic E-state index is 0.580. The first-order valence-corrected chi connectivity index (χ1v) is 3.35. The molecule has 0 aliphatic carbocycles. The normalized spacial score (nSPS) is 12.9. The maximum atomic E-state index is 10.4. The van der Waals surface area contributed by atoms with Crippen LogP contribution in [0.5, 0.6) is 0 Å². The quantitative estimate of drug-likeness (QED) is 0.686. The molecule has 1 atom stereocenters. The van der Waals surface area contributed by atoms with Crippen molar-refractivity contribution in [2.75, 3.05) is 0 Å². The predicted octanol–water partition coefficient (Wildman–Crippen LogP) is 0.837. The summed E-state index contributed by atoms with van der Waals surface area (Å²) in [4.78, 5) is 10.4. The second-order valence-corrected chi connectivity index (χ2v) is 2.51. The third kappa shape index (κ3) is 1.58. The average molecular weight is 154 g/mol. The van der Waals surface area contributed by atoms with Gasteiger partial charge in [-0.05, 0) is 19.4 Å². The van der Waals surface area contributed by atoms with Crippen molar-refractivity contribution in [1.82, 2.24) is 9.78 Å². The van der Waals surface area contributed by atoms with Crippen LogP contribution in [0.1, 0.15) is 18.5 Å². The van der Waals surface area contributed by atoms with E-state index in [2.05, 4.69) is 5.10 Å². The van der Waals surface area contributed by atoms with E-state index in [0.29, 0.717) is 0 Å². The first-order valence-electron chi connectivity index (χ1n) is 3.35. The molecule has 0 aliphatic heterocycles. The Hall–Kier alpha value is -1.32. The standard InChI is InChI=1S/C7H10N2O2/c1-5-3-8-9(4-5)6(2)7(10)11/h3-4,6H,1-2H3,(H,10,11)/t6-/m0/s1. The van der Waals surface area contributed by atoms with Gasteiger partial charge in [0.2, 0.25) is 0 Å². The summed E-state index contributed by atoms with van der Waals surface area (Å²) in [5.74, 6) is -0.867. The van der Waals surface area contributed by atoms with E-state index in [1.807, 2.05) is 6.92 Å². The second kappa shape index (κ2) is 2.74. The largest absolute Gasteiger partial charge is 0.480 e. The molecule has 4 heteroatoms. The van der Waals surface area contributed by atoms with Gasteiger partial charge < -0.3 is 5.11 Å². The van der Waals surface area contributed by atoms with Crippen LogP contribution >= 0.6 is 0 Å². The van der Waals surface area contributed by atoms with Crippen molar-refractivity contribution in [3.63, 3.8) is 0 Å². The minimum Gasteiger partial charge on any atom is -0.480 e. The number of carbonyl (C=O) groups is 1. The topological polar surface area (TPSA) is 55.1 Å². The molecular weight excluding hydrogens is 144 g/mol. The summed E-state index contributed by atoms with van der Waals surface area (Å²) in [5.41, 5.74) is 0.970. The molecule has 1 N–H and O–H groups in total. The lowest BCUT2D eigenvalue weighted by molar-refractivity contribution is -0.140. The number of aliphatic carboxylic acids is 1. The van der Waals surface area contributed by atoms with Crippen LogP contribution in [0, 0.1) is 6.92 Å². The molecule has 0 radical (unpaired) electrons. The molecule has 11 heavy (non-hydrogen) atoms. The lowest BCUT2D eigenvalue weighted by Gasteiger charge is -2.04. The van der Waals surface area contributed by atoms with E-state index in [1.165, 1.54) is 4.68 Å². The number of carboxylic acids is 1. The molecular formula is C7H10N2O2. The number of carboxylic acid groups (broad SMARTS) is 1. The molecule has 0 bridgehead atoms. The van der Waals surface area contributed by atoms with Crippen LogP contribution in [0.2, 0.25) is 0 Å². The first kappa shape index (κ1) is 7.78. The van der Waals surface area contributed by atoms with Gasteiger partial charge in [-0.3, -0.25) is 4.68 Å². The van der Waals surface area contributed by atoms with E-state index in [4.69, 9.17) is 5.11 Å². The van der Waals surface area contributed by atoms with Gasteiger partial charge in [0.25, 0.3) is 0 Å². The number of hydrogen-bond donors (Lipinski definition) is 1. The molecule has 1 rings (SSSR count). The number of aromatic nitrogens is 2. The Morgan fingerprint density at radius 2 is 2.45 bits per heavy atom. The van der Waals surface area contributed by atoms with Crippen LogP contribution in [0.4, 0.5) is 0 Å². The van der Waals surface area contributed by atoms with E-state index in [9.17, 15) is 4.79 Å². The number of rotatable bonds is 2. The summed E-state index contributed by atoms with van der Waals surface area (Å²) in [6.45, 7) is 3.47. The summed E-state index contributed by atoms with van der Waals surface area (Å²) in [7, 11) is 0. The van der Waals surface area contributed by atoms with Crippen LogP contribution < -0.4 is 0 Å². The molecule has 0 fully saturated rings.